The van der Waals surface area contributed by atoms with Crippen LogP contribution in [0.5, 0.6) is 17.2 Å². The number of hydrogen-bond donors (Lipinski definition) is 2. The maximum atomic E-state index is 12.5. The van der Waals surface area contributed by atoms with E-state index < -0.39 is 6.16 Å². The number of hydrogen-bond acceptors (Lipinski definition) is 6. The summed E-state index contributed by atoms with van der Waals surface area (Å²) in [6.45, 7) is 1.96. The predicted octanol–water partition coefficient (Wildman–Crippen LogP) is 3.27. The van der Waals surface area contributed by atoms with Crippen molar-refractivity contribution in [3.05, 3.63) is 70.8 Å². The maximum Gasteiger partial charge on any atom is 0.511 e. The molecule has 4 rings (SSSR count). The van der Waals surface area contributed by atoms with E-state index in [1.54, 1.807) is 18.2 Å². The molecule has 0 unspecified atom stereocenters. The van der Waals surface area contributed by atoms with Crippen LogP contribution >= 0.6 is 0 Å². The fourth-order valence-electron chi connectivity index (χ4n) is 2.67. The average molecular weight is 378 g/mol. The Bertz CT molecular complexity index is 1240. The summed E-state index contributed by atoms with van der Waals surface area (Å²) in [5, 5.41) is 12.9. The summed E-state index contributed by atoms with van der Waals surface area (Å²) in [4.78, 5) is 30.0. The monoisotopic (exact) mass is 378 g/mol. The molecule has 0 fully saturated rings. The molecular formula is C19H14N4O5. The zero-order valence-corrected chi connectivity index (χ0v) is 14.6. The van der Waals surface area contributed by atoms with Gasteiger partial charge in [-0.05, 0) is 42.8 Å². The van der Waals surface area contributed by atoms with Crippen molar-refractivity contribution in [1.29, 1.82) is 0 Å². The molecule has 0 amide bonds. The van der Waals surface area contributed by atoms with Gasteiger partial charge in [-0.25, -0.2) is 14.5 Å². The van der Waals surface area contributed by atoms with Crippen LogP contribution in [0.15, 0.2) is 59.7 Å². The number of aromatic nitrogens is 4. The molecule has 0 saturated carbocycles. The lowest BCUT2D eigenvalue weighted by Gasteiger charge is -2.08. The van der Waals surface area contributed by atoms with E-state index in [0.29, 0.717) is 22.4 Å². The Labute approximate surface area is 157 Å². The molecule has 0 aliphatic heterocycles. The topological polar surface area (TPSA) is 119 Å². The second kappa shape index (κ2) is 6.88. The van der Waals surface area contributed by atoms with Crippen LogP contribution in [-0.2, 0) is 0 Å². The molecule has 2 aromatic heterocycles. The number of H-pyrrole nitrogens is 1. The largest absolute Gasteiger partial charge is 0.511 e. The van der Waals surface area contributed by atoms with Gasteiger partial charge in [-0.3, -0.25) is 9.78 Å². The van der Waals surface area contributed by atoms with E-state index in [2.05, 4.69) is 19.8 Å². The summed E-state index contributed by atoms with van der Waals surface area (Å²) in [5.41, 5.74) is 1.12. The smallest absolute Gasteiger partial charge is 0.457 e. The summed E-state index contributed by atoms with van der Waals surface area (Å²) in [5.74, 6) is 1.32. The van der Waals surface area contributed by atoms with Crippen molar-refractivity contribution in [1.82, 2.24) is 19.7 Å². The number of carboxylic acid groups (broad SMARTS) is 1. The first-order chi connectivity index (χ1) is 13.5. The van der Waals surface area contributed by atoms with Gasteiger partial charge in [0.2, 0.25) is 5.95 Å². The summed E-state index contributed by atoms with van der Waals surface area (Å²) >= 11 is 0. The third kappa shape index (κ3) is 3.54. The van der Waals surface area contributed by atoms with Gasteiger partial charge in [0.05, 0.1) is 23.3 Å². The second-order valence-electron chi connectivity index (χ2n) is 5.98. The first-order valence-electron chi connectivity index (χ1n) is 8.22. The van der Waals surface area contributed by atoms with E-state index in [-0.39, 0.29) is 17.3 Å². The average Bonchev–Trinajstić information content (AvgIpc) is 3.10. The molecule has 28 heavy (non-hydrogen) atoms. The lowest BCUT2D eigenvalue weighted by atomic mass is 10.2. The Morgan fingerprint density at radius 1 is 1.14 bits per heavy atom. The maximum absolute atomic E-state index is 12.5. The molecule has 0 aliphatic carbocycles. The van der Waals surface area contributed by atoms with Crippen molar-refractivity contribution in [2.24, 2.45) is 0 Å². The number of benzene rings is 2. The minimum Gasteiger partial charge on any atom is -0.457 e. The first-order valence-corrected chi connectivity index (χ1v) is 8.22. The lowest BCUT2D eigenvalue weighted by Crippen LogP contribution is -2.13. The van der Waals surface area contributed by atoms with Gasteiger partial charge in [0, 0.05) is 0 Å². The summed E-state index contributed by atoms with van der Waals surface area (Å²) < 4.78 is 11.5. The summed E-state index contributed by atoms with van der Waals surface area (Å²) in [6.07, 6.45) is 1.05. The SMILES string of the molecule is Cc1cccc(Oc2ccc3nc(-n4cc(OC(=O)O)cn4)[nH]c(=O)c3c2)c1. The fourth-order valence-corrected chi connectivity index (χ4v) is 2.67. The van der Waals surface area contributed by atoms with E-state index in [1.807, 2.05) is 31.2 Å². The zero-order valence-electron chi connectivity index (χ0n) is 14.6. The van der Waals surface area contributed by atoms with Crippen molar-refractivity contribution >= 4 is 17.1 Å². The Morgan fingerprint density at radius 2 is 1.96 bits per heavy atom. The number of aryl methyl sites for hydroxylation is 1. The quantitative estimate of drug-likeness (QED) is 0.523. The van der Waals surface area contributed by atoms with Crippen LogP contribution in [0, 0.1) is 6.92 Å². The third-order valence-electron chi connectivity index (χ3n) is 3.87. The van der Waals surface area contributed by atoms with Gasteiger partial charge in [0.15, 0.2) is 5.75 Å². The minimum absolute atomic E-state index is 0.0112. The van der Waals surface area contributed by atoms with Gasteiger partial charge in [-0.15, -0.1) is 0 Å². The van der Waals surface area contributed by atoms with Gasteiger partial charge < -0.3 is 14.6 Å². The molecule has 0 saturated heterocycles. The van der Waals surface area contributed by atoms with Gasteiger partial charge in [0.1, 0.15) is 11.5 Å². The van der Waals surface area contributed by atoms with Crippen LogP contribution in [0.4, 0.5) is 4.79 Å². The number of ether oxygens (including phenoxy) is 2. The van der Waals surface area contributed by atoms with Crippen LogP contribution < -0.4 is 15.0 Å². The van der Waals surface area contributed by atoms with Crippen LogP contribution in [0.3, 0.4) is 0 Å². The molecule has 2 N–H and O–H groups in total. The van der Waals surface area contributed by atoms with Crippen molar-refractivity contribution in [3.63, 3.8) is 0 Å². The molecule has 9 nitrogen and oxygen atoms in total. The van der Waals surface area contributed by atoms with Gasteiger partial charge in [-0.1, -0.05) is 12.1 Å². The molecule has 9 heteroatoms. The molecule has 140 valence electrons. The zero-order chi connectivity index (χ0) is 19.7. The third-order valence-corrected chi connectivity index (χ3v) is 3.87. The van der Waals surface area contributed by atoms with Gasteiger partial charge >= 0.3 is 6.16 Å². The summed E-state index contributed by atoms with van der Waals surface area (Å²) in [7, 11) is 0. The molecular weight excluding hydrogens is 364 g/mol. The number of nitrogens with zero attached hydrogens (tertiary/aromatic N) is 3. The van der Waals surface area contributed by atoms with Crippen molar-refractivity contribution in [3.8, 4) is 23.2 Å². The van der Waals surface area contributed by atoms with Crippen LogP contribution in [0.1, 0.15) is 5.56 Å². The fraction of sp³-hybridized carbons (Fsp3) is 0.0526. The van der Waals surface area contributed by atoms with E-state index in [4.69, 9.17) is 9.84 Å². The Morgan fingerprint density at radius 3 is 2.75 bits per heavy atom. The predicted molar refractivity (Wildman–Crippen MR) is 99.4 cm³/mol. The van der Waals surface area contributed by atoms with E-state index in [9.17, 15) is 9.59 Å². The van der Waals surface area contributed by atoms with Crippen LogP contribution in [0.2, 0.25) is 0 Å². The highest BCUT2D eigenvalue weighted by molar-refractivity contribution is 5.79. The van der Waals surface area contributed by atoms with Crippen molar-refractivity contribution in [2.75, 3.05) is 0 Å². The minimum atomic E-state index is -1.46. The van der Waals surface area contributed by atoms with Gasteiger partial charge in [-0.2, -0.15) is 5.10 Å². The van der Waals surface area contributed by atoms with E-state index in [0.717, 1.165) is 5.56 Å². The van der Waals surface area contributed by atoms with Crippen molar-refractivity contribution in [2.45, 2.75) is 6.92 Å². The number of nitrogens with one attached hydrogen (secondary N) is 1. The Balaban J connectivity index is 1.67. The van der Waals surface area contributed by atoms with Crippen LogP contribution in [0.25, 0.3) is 16.9 Å². The van der Waals surface area contributed by atoms with E-state index >= 15 is 0 Å². The second-order valence-corrected chi connectivity index (χ2v) is 5.98. The molecule has 4 aromatic rings. The number of aromatic amines is 1. The Hall–Kier alpha value is -4.14. The normalized spacial score (nSPS) is 10.8. The van der Waals surface area contributed by atoms with Crippen LogP contribution in [-0.4, -0.2) is 31.0 Å². The summed E-state index contributed by atoms with van der Waals surface area (Å²) in [6, 6.07) is 12.6. The highest BCUT2D eigenvalue weighted by Gasteiger charge is 2.10. The molecule has 2 heterocycles. The number of carbonyl (C=O) groups is 1. The lowest BCUT2D eigenvalue weighted by molar-refractivity contribution is 0.144. The molecule has 0 spiro atoms. The van der Waals surface area contributed by atoms with E-state index in [1.165, 1.54) is 17.1 Å². The standard InChI is InChI=1S/C19H14N4O5/c1-11-3-2-4-12(7-11)27-13-5-6-16-15(8-13)17(24)22-18(21-16)23-10-14(9-20-23)28-19(25)26/h2-10H,1H3,(H,25,26)(H,21,22,24). The van der Waals surface area contributed by atoms with Crippen molar-refractivity contribution < 1.29 is 19.4 Å². The van der Waals surface area contributed by atoms with Gasteiger partial charge in [0.25, 0.3) is 5.56 Å². The molecule has 0 aliphatic rings. The highest BCUT2D eigenvalue weighted by atomic mass is 16.7. The number of rotatable bonds is 4. The Kier molecular flexibility index (Phi) is 4.24. The first kappa shape index (κ1) is 17.3. The molecule has 0 radical (unpaired) electrons. The number of fused-ring (bicyclic) bond motifs is 1. The molecule has 0 atom stereocenters. The highest BCUT2D eigenvalue weighted by Crippen LogP contribution is 2.24. The molecule has 2 aromatic carbocycles. The molecule has 0 bridgehead atoms.